The maximum absolute atomic E-state index is 13.2. The molecule has 2 aromatic carbocycles. The molecule has 22 heavy (non-hydrogen) atoms. The first kappa shape index (κ1) is 16.1. The van der Waals surface area contributed by atoms with Crippen molar-refractivity contribution in [2.45, 2.75) is 19.6 Å². The van der Waals surface area contributed by atoms with Crippen LogP contribution >= 0.6 is 0 Å². The molecule has 0 aliphatic rings. The van der Waals surface area contributed by atoms with Gasteiger partial charge in [-0.2, -0.15) is 13.2 Å². The number of alkyl halides is 3. The summed E-state index contributed by atoms with van der Waals surface area (Å²) in [5.41, 5.74) is 1.62. The molecule has 0 unspecified atom stereocenters. The van der Waals surface area contributed by atoms with Crippen LogP contribution in [-0.4, -0.2) is 7.05 Å². The van der Waals surface area contributed by atoms with Gasteiger partial charge < -0.3 is 10.6 Å². The van der Waals surface area contributed by atoms with Crippen molar-refractivity contribution < 1.29 is 17.6 Å². The summed E-state index contributed by atoms with van der Waals surface area (Å²) in [6.07, 6.45) is -4.50. The third-order valence-corrected chi connectivity index (χ3v) is 3.35. The van der Waals surface area contributed by atoms with Crippen LogP contribution in [0.15, 0.2) is 36.4 Å². The van der Waals surface area contributed by atoms with Crippen molar-refractivity contribution in [2.24, 2.45) is 0 Å². The Morgan fingerprint density at radius 2 is 1.77 bits per heavy atom. The van der Waals surface area contributed by atoms with Gasteiger partial charge in [0.05, 0.1) is 5.56 Å². The zero-order valence-corrected chi connectivity index (χ0v) is 12.2. The van der Waals surface area contributed by atoms with E-state index in [1.807, 2.05) is 19.1 Å². The highest BCUT2D eigenvalue weighted by molar-refractivity contribution is 5.59. The Morgan fingerprint density at radius 1 is 1.05 bits per heavy atom. The zero-order chi connectivity index (χ0) is 16.3. The number of benzene rings is 2. The van der Waals surface area contributed by atoms with Crippen molar-refractivity contribution >= 4 is 11.4 Å². The molecule has 0 aliphatic heterocycles. The summed E-state index contributed by atoms with van der Waals surface area (Å²) < 4.78 is 52.0. The monoisotopic (exact) mass is 312 g/mol. The lowest BCUT2D eigenvalue weighted by molar-refractivity contribution is -0.138. The Kier molecular flexibility index (Phi) is 4.59. The molecule has 0 bridgehead atoms. The van der Waals surface area contributed by atoms with Gasteiger partial charge in [0, 0.05) is 25.0 Å². The molecule has 2 nitrogen and oxygen atoms in total. The summed E-state index contributed by atoms with van der Waals surface area (Å²) in [6, 6.07) is 7.89. The standard InChI is InChI=1S/C16H16F4N2/c1-10-7-13(4-6-15(10)21-2)22-9-11-8-12(17)3-5-14(11)16(18,19)20/h3-8,21-22H,9H2,1-2H3. The molecule has 0 amide bonds. The molecule has 0 spiro atoms. The van der Waals surface area contributed by atoms with Crippen LogP contribution in [0.5, 0.6) is 0 Å². The van der Waals surface area contributed by atoms with E-state index in [2.05, 4.69) is 10.6 Å². The molecule has 0 fully saturated rings. The molecule has 2 rings (SSSR count). The fourth-order valence-corrected chi connectivity index (χ4v) is 2.24. The van der Waals surface area contributed by atoms with Gasteiger partial charge in [-0.3, -0.25) is 0 Å². The second-order valence-corrected chi connectivity index (χ2v) is 4.93. The van der Waals surface area contributed by atoms with Crippen molar-refractivity contribution in [1.82, 2.24) is 0 Å². The fraction of sp³-hybridized carbons (Fsp3) is 0.250. The number of halogens is 4. The smallest absolute Gasteiger partial charge is 0.388 e. The molecule has 0 aliphatic carbocycles. The average molecular weight is 312 g/mol. The first-order valence-electron chi connectivity index (χ1n) is 6.69. The second-order valence-electron chi connectivity index (χ2n) is 4.93. The van der Waals surface area contributed by atoms with Crippen molar-refractivity contribution in [3.05, 3.63) is 58.9 Å². The SMILES string of the molecule is CNc1ccc(NCc2cc(F)ccc2C(F)(F)F)cc1C. The van der Waals surface area contributed by atoms with Crippen molar-refractivity contribution in [3.8, 4) is 0 Å². The Labute approximate surface area is 126 Å². The van der Waals surface area contributed by atoms with E-state index in [-0.39, 0.29) is 12.1 Å². The third kappa shape index (κ3) is 3.69. The van der Waals surface area contributed by atoms with E-state index in [0.717, 1.165) is 29.4 Å². The summed E-state index contributed by atoms with van der Waals surface area (Å²) >= 11 is 0. The second kappa shape index (κ2) is 6.25. The summed E-state index contributed by atoms with van der Waals surface area (Å²) in [5.74, 6) is -0.688. The predicted molar refractivity (Wildman–Crippen MR) is 79.5 cm³/mol. The number of rotatable bonds is 4. The van der Waals surface area contributed by atoms with Crippen LogP contribution in [-0.2, 0) is 12.7 Å². The molecule has 2 N–H and O–H groups in total. The number of nitrogens with one attached hydrogen (secondary N) is 2. The zero-order valence-electron chi connectivity index (χ0n) is 12.2. The van der Waals surface area contributed by atoms with E-state index in [1.54, 1.807) is 13.1 Å². The van der Waals surface area contributed by atoms with Crippen molar-refractivity contribution in [1.29, 1.82) is 0 Å². The lowest BCUT2D eigenvalue weighted by Gasteiger charge is -2.15. The van der Waals surface area contributed by atoms with Crippen LogP contribution in [0.4, 0.5) is 28.9 Å². The van der Waals surface area contributed by atoms with Gasteiger partial charge in [0.1, 0.15) is 5.82 Å². The summed E-state index contributed by atoms with van der Waals surface area (Å²) in [5, 5.41) is 5.90. The van der Waals surface area contributed by atoms with E-state index < -0.39 is 17.6 Å². The first-order valence-corrected chi connectivity index (χ1v) is 6.69. The van der Waals surface area contributed by atoms with Gasteiger partial charge in [0.2, 0.25) is 0 Å². The molecular formula is C16H16F4N2. The molecule has 0 aromatic heterocycles. The highest BCUT2D eigenvalue weighted by Gasteiger charge is 2.33. The van der Waals surface area contributed by atoms with E-state index >= 15 is 0 Å². The quantitative estimate of drug-likeness (QED) is 0.792. The molecule has 6 heteroatoms. The number of aryl methyl sites for hydroxylation is 1. The maximum atomic E-state index is 13.2. The highest BCUT2D eigenvalue weighted by Crippen LogP contribution is 2.32. The van der Waals surface area contributed by atoms with Gasteiger partial charge in [-0.25, -0.2) is 4.39 Å². The molecule has 0 saturated heterocycles. The van der Waals surface area contributed by atoms with Crippen LogP contribution < -0.4 is 10.6 Å². The van der Waals surface area contributed by atoms with Crippen LogP contribution in [0.2, 0.25) is 0 Å². The molecule has 2 aromatic rings. The third-order valence-electron chi connectivity index (χ3n) is 3.35. The lowest BCUT2D eigenvalue weighted by Crippen LogP contribution is -2.12. The van der Waals surface area contributed by atoms with E-state index in [4.69, 9.17) is 0 Å². The summed E-state index contributed by atoms with van der Waals surface area (Å²) in [4.78, 5) is 0. The van der Waals surface area contributed by atoms with Crippen LogP contribution in [0.1, 0.15) is 16.7 Å². The van der Waals surface area contributed by atoms with Crippen molar-refractivity contribution in [2.75, 3.05) is 17.7 Å². The molecular weight excluding hydrogens is 296 g/mol. The Balaban J connectivity index is 2.21. The van der Waals surface area contributed by atoms with Crippen LogP contribution in [0.25, 0.3) is 0 Å². The topological polar surface area (TPSA) is 24.1 Å². The summed E-state index contributed by atoms with van der Waals surface area (Å²) in [6.45, 7) is 1.78. The first-order chi connectivity index (χ1) is 10.3. The number of hydrogen-bond donors (Lipinski definition) is 2. The van der Waals surface area contributed by atoms with Crippen LogP contribution in [0, 0.1) is 12.7 Å². The average Bonchev–Trinajstić information content (AvgIpc) is 2.44. The normalized spacial score (nSPS) is 11.4. The van der Waals surface area contributed by atoms with E-state index in [0.29, 0.717) is 5.69 Å². The predicted octanol–water partition coefficient (Wildman–Crippen LogP) is 4.81. The fourth-order valence-electron chi connectivity index (χ4n) is 2.24. The number of anilines is 2. The lowest BCUT2D eigenvalue weighted by atomic mass is 10.1. The van der Waals surface area contributed by atoms with E-state index in [9.17, 15) is 17.6 Å². The Hall–Kier alpha value is -2.24. The molecule has 0 heterocycles. The minimum Gasteiger partial charge on any atom is -0.388 e. The van der Waals surface area contributed by atoms with Gasteiger partial charge in [0.25, 0.3) is 0 Å². The molecule has 0 saturated carbocycles. The van der Waals surface area contributed by atoms with Gasteiger partial charge >= 0.3 is 6.18 Å². The maximum Gasteiger partial charge on any atom is 0.416 e. The molecule has 0 atom stereocenters. The Morgan fingerprint density at radius 3 is 2.36 bits per heavy atom. The van der Waals surface area contributed by atoms with Gasteiger partial charge in [-0.15, -0.1) is 0 Å². The largest absolute Gasteiger partial charge is 0.416 e. The summed E-state index contributed by atoms with van der Waals surface area (Å²) in [7, 11) is 1.79. The minimum absolute atomic E-state index is 0.106. The van der Waals surface area contributed by atoms with Gasteiger partial charge in [0.15, 0.2) is 0 Å². The highest BCUT2D eigenvalue weighted by atomic mass is 19.4. The van der Waals surface area contributed by atoms with Gasteiger partial charge in [-0.05, 0) is 54.4 Å². The molecule has 0 radical (unpaired) electrons. The van der Waals surface area contributed by atoms with Crippen LogP contribution in [0.3, 0.4) is 0 Å². The number of hydrogen-bond acceptors (Lipinski definition) is 2. The molecule has 118 valence electrons. The Bertz CT molecular complexity index is 666. The van der Waals surface area contributed by atoms with Crippen molar-refractivity contribution in [3.63, 3.8) is 0 Å². The van der Waals surface area contributed by atoms with E-state index in [1.165, 1.54) is 0 Å². The minimum atomic E-state index is -4.50. The van der Waals surface area contributed by atoms with Gasteiger partial charge in [-0.1, -0.05) is 0 Å².